The number of sulfonamides is 1. The molecule has 0 saturated carbocycles. The maximum atomic E-state index is 11.0. The van der Waals surface area contributed by atoms with Gasteiger partial charge in [-0.2, -0.15) is 0 Å². The van der Waals surface area contributed by atoms with Gasteiger partial charge in [0.25, 0.3) is 10.0 Å². The maximum absolute atomic E-state index is 11.0. The molecule has 71 valence electrons. The second-order valence-corrected chi connectivity index (χ2v) is 4.58. The lowest BCUT2D eigenvalue weighted by atomic mass is 10.1. The molecule has 3 nitrogen and oxygen atoms in total. The van der Waals surface area contributed by atoms with E-state index in [2.05, 4.69) is 0 Å². The van der Waals surface area contributed by atoms with Crippen molar-refractivity contribution in [3.8, 4) is 0 Å². The number of rotatable bonds is 1. The van der Waals surface area contributed by atoms with E-state index >= 15 is 0 Å². The lowest BCUT2D eigenvalue weighted by Crippen LogP contribution is -2.04. The van der Waals surface area contributed by atoms with Crippen molar-refractivity contribution in [1.29, 1.82) is 0 Å². The number of benzene rings is 1. The van der Waals surface area contributed by atoms with E-state index in [-0.39, 0.29) is 4.90 Å². The summed E-state index contributed by atoms with van der Waals surface area (Å²) in [6.45, 7) is 5.51. The van der Waals surface area contributed by atoms with Crippen LogP contribution in [0.2, 0.25) is 0 Å². The van der Waals surface area contributed by atoms with E-state index in [1.54, 1.807) is 13.0 Å². The van der Waals surface area contributed by atoms with Crippen molar-refractivity contribution >= 4 is 10.0 Å². The highest BCUT2D eigenvalue weighted by Gasteiger charge is 2.13. The number of nitrogens with one attached hydrogen (secondary N) is 1. The minimum Gasteiger partial charge on any atom is -0.206 e. The quantitative estimate of drug-likeness (QED) is 0.688. The topological polar surface area (TPSA) is 57.9 Å². The Morgan fingerprint density at radius 2 is 1.62 bits per heavy atom. The van der Waals surface area contributed by atoms with Crippen molar-refractivity contribution in [1.82, 2.24) is 5.14 Å². The van der Waals surface area contributed by atoms with Crippen molar-refractivity contribution in [3.63, 3.8) is 0 Å². The van der Waals surface area contributed by atoms with Crippen LogP contribution in [0.5, 0.6) is 0 Å². The molecule has 0 aliphatic rings. The Hall–Kier alpha value is -0.870. The molecule has 0 bridgehead atoms. The van der Waals surface area contributed by atoms with Gasteiger partial charge in [-0.25, -0.2) is 8.42 Å². The summed E-state index contributed by atoms with van der Waals surface area (Å²) < 4.78 is 22.0. The van der Waals surface area contributed by atoms with Crippen molar-refractivity contribution < 1.29 is 8.42 Å². The summed E-state index contributed by atoms with van der Waals surface area (Å²) in [6, 6.07) is 3.21. The van der Waals surface area contributed by atoms with Crippen LogP contribution >= 0.6 is 0 Å². The largest absolute Gasteiger partial charge is 0.254 e. The molecule has 1 radical (unpaired) electrons. The first-order valence-electron chi connectivity index (χ1n) is 3.90. The van der Waals surface area contributed by atoms with Crippen molar-refractivity contribution in [2.24, 2.45) is 0 Å². The molecule has 13 heavy (non-hydrogen) atoms. The van der Waals surface area contributed by atoms with Gasteiger partial charge in [-0.05, 0) is 43.5 Å². The van der Waals surface area contributed by atoms with Crippen LogP contribution in [0, 0.1) is 20.8 Å². The van der Waals surface area contributed by atoms with Gasteiger partial charge in [0, 0.05) is 0 Å². The van der Waals surface area contributed by atoms with E-state index in [4.69, 9.17) is 5.14 Å². The molecule has 0 saturated heterocycles. The van der Waals surface area contributed by atoms with E-state index in [0.717, 1.165) is 11.1 Å². The Kier molecular flexibility index (Phi) is 2.45. The van der Waals surface area contributed by atoms with Crippen LogP contribution in [0.1, 0.15) is 16.7 Å². The second kappa shape index (κ2) is 3.12. The predicted octanol–water partition coefficient (Wildman–Crippen LogP) is 1.58. The zero-order valence-electron chi connectivity index (χ0n) is 7.88. The van der Waals surface area contributed by atoms with Crippen LogP contribution in [-0.4, -0.2) is 8.42 Å². The number of hydrogen-bond donors (Lipinski definition) is 0. The van der Waals surface area contributed by atoms with Gasteiger partial charge in [0.1, 0.15) is 0 Å². The first-order chi connectivity index (χ1) is 5.84. The summed E-state index contributed by atoms with van der Waals surface area (Å²) in [7, 11) is -3.82. The van der Waals surface area contributed by atoms with Gasteiger partial charge >= 0.3 is 0 Å². The van der Waals surface area contributed by atoms with Crippen LogP contribution in [0.4, 0.5) is 0 Å². The van der Waals surface area contributed by atoms with Crippen molar-refractivity contribution in [2.75, 3.05) is 0 Å². The minimum atomic E-state index is -3.82. The highest BCUT2D eigenvalue weighted by molar-refractivity contribution is 7.88. The van der Waals surface area contributed by atoms with Gasteiger partial charge in [-0.15, -0.1) is 5.14 Å². The van der Waals surface area contributed by atoms with E-state index in [1.807, 2.05) is 13.8 Å². The fourth-order valence-electron chi connectivity index (χ4n) is 1.22. The molecule has 1 N–H and O–H groups in total. The Morgan fingerprint density at radius 1 is 1.08 bits per heavy atom. The normalized spacial score (nSPS) is 11.7. The molecule has 0 aliphatic carbocycles. The summed E-state index contributed by atoms with van der Waals surface area (Å²) >= 11 is 0. The van der Waals surface area contributed by atoms with Crippen LogP contribution in [0.15, 0.2) is 17.0 Å². The fraction of sp³-hybridized carbons (Fsp3) is 0.333. The first kappa shape index (κ1) is 10.2. The van der Waals surface area contributed by atoms with E-state index in [0.29, 0.717) is 5.56 Å². The van der Waals surface area contributed by atoms with Gasteiger partial charge in [0.2, 0.25) is 0 Å². The highest BCUT2D eigenvalue weighted by Crippen LogP contribution is 2.20. The van der Waals surface area contributed by atoms with Gasteiger partial charge in [0.15, 0.2) is 0 Å². The molecule has 0 unspecified atom stereocenters. The molecule has 4 heteroatoms. The third-order valence-corrected chi connectivity index (χ3v) is 3.32. The minimum absolute atomic E-state index is 0.107. The highest BCUT2D eigenvalue weighted by atomic mass is 32.2. The van der Waals surface area contributed by atoms with E-state index in [9.17, 15) is 8.42 Å². The summed E-state index contributed by atoms with van der Waals surface area (Å²) in [5.74, 6) is 0. The van der Waals surface area contributed by atoms with Crippen LogP contribution < -0.4 is 5.14 Å². The molecule has 0 aliphatic heterocycles. The maximum Gasteiger partial charge on any atom is 0.254 e. The molecule has 1 aromatic carbocycles. The third-order valence-electron chi connectivity index (χ3n) is 2.30. The Labute approximate surface area is 78.6 Å². The summed E-state index contributed by atoms with van der Waals surface area (Å²) in [5.41, 5.74) is 2.66. The zero-order chi connectivity index (χ0) is 10.2. The van der Waals surface area contributed by atoms with Crippen molar-refractivity contribution in [2.45, 2.75) is 25.7 Å². The average Bonchev–Trinajstić information content (AvgIpc) is 1.98. The van der Waals surface area contributed by atoms with E-state index in [1.165, 1.54) is 6.07 Å². The zero-order valence-corrected chi connectivity index (χ0v) is 8.70. The van der Waals surface area contributed by atoms with Crippen LogP contribution in [-0.2, 0) is 10.0 Å². The monoisotopic (exact) mass is 198 g/mol. The predicted molar refractivity (Wildman–Crippen MR) is 50.9 cm³/mol. The molecule has 0 spiro atoms. The van der Waals surface area contributed by atoms with Crippen LogP contribution in [0.25, 0.3) is 0 Å². The molecule has 0 amide bonds. The molecule has 0 atom stereocenters. The van der Waals surface area contributed by atoms with Gasteiger partial charge in [-0.3, -0.25) is 0 Å². The first-order valence-corrected chi connectivity index (χ1v) is 5.39. The molecule has 0 heterocycles. The number of hydrogen-bond acceptors (Lipinski definition) is 2. The van der Waals surface area contributed by atoms with Crippen molar-refractivity contribution in [3.05, 3.63) is 28.8 Å². The summed E-state index contributed by atoms with van der Waals surface area (Å²) in [5, 5.41) is 6.95. The number of aryl methyl sites for hydroxylation is 1. The molecule has 1 rings (SSSR count). The van der Waals surface area contributed by atoms with Gasteiger partial charge in [0.05, 0.1) is 4.90 Å². The Morgan fingerprint density at radius 3 is 2.08 bits per heavy atom. The van der Waals surface area contributed by atoms with Crippen LogP contribution in [0.3, 0.4) is 0 Å². The Balaban J connectivity index is 3.53. The lowest BCUT2D eigenvalue weighted by Gasteiger charge is -2.08. The molecule has 0 aromatic heterocycles. The lowest BCUT2D eigenvalue weighted by molar-refractivity contribution is 0.595. The fourth-order valence-corrected chi connectivity index (χ4v) is 2.03. The SMILES string of the molecule is Cc1ccc(S([NH])(=O)=O)c(C)c1C. The Bertz CT molecular complexity index is 435. The molecular formula is C9H12NO2S. The summed E-state index contributed by atoms with van der Waals surface area (Å²) in [6.07, 6.45) is 0. The van der Waals surface area contributed by atoms with Gasteiger partial charge < -0.3 is 0 Å². The van der Waals surface area contributed by atoms with Gasteiger partial charge in [-0.1, -0.05) is 6.07 Å². The average molecular weight is 198 g/mol. The third kappa shape index (κ3) is 1.89. The molecule has 0 fully saturated rings. The molecular weight excluding hydrogens is 186 g/mol. The smallest absolute Gasteiger partial charge is 0.206 e. The van der Waals surface area contributed by atoms with E-state index < -0.39 is 10.0 Å². The standard InChI is InChI=1S/C9H12NO2S/c1-6-4-5-9(13(10,11)12)8(3)7(6)2/h4-5,10H,1-3H3. The molecule has 1 aromatic rings. The summed E-state index contributed by atoms with van der Waals surface area (Å²) in [4.78, 5) is 0.107. The second-order valence-electron chi connectivity index (χ2n) is 3.13.